The van der Waals surface area contributed by atoms with Gasteiger partial charge in [-0.25, -0.2) is 4.79 Å². The predicted octanol–water partition coefficient (Wildman–Crippen LogP) is 1.99. The minimum Gasteiger partial charge on any atom is -0.444 e. The Hall–Kier alpha value is -2.05. The van der Waals surface area contributed by atoms with Gasteiger partial charge in [-0.15, -0.1) is 0 Å². The van der Waals surface area contributed by atoms with Crippen LogP contribution in [0.2, 0.25) is 0 Å². The molecule has 0 saturated carbocycles. The summed E-state index contributed by atoms with van der Waals surface area (Å²) in [5, 5.41) is 4.26. The third-order valence-corrected chi connectivity index (χ3v) is 3.62. The zero-order valence-corrected chi connectivity index (χ0v) is 14.4. The molecule has 0 atom stereocenters. The van der Waals surface area contributed by atoms with Crippen molar-refractivity contribution in [2.24, 2.45) is 0 Å². The fourth-order valence-electron chi connectivity index (χ4n) is 2.44. The largest absolute Gasteiger partial charge is 0.444 e. The maximum Gasteiger partial charge on any atom is 0.410 e. The Kier molecular flexibility index (Phi) is 5.28. The van der Waals surface area contributed by atoms with Gasteiger partial charge in [-0.1, -0.05) is 0 Å². The van der Waals surface area contributed by atoms with Crippen LogP contribution in [0, 0.1) is 0 Å². The Morgan fingerprint density at radius 2 is 1.83 bits per heavy atom. The van der Waals surface area contributed by atoms with Gasteiger partial charge in [0, 0.05) is 38.9 Å². The SMILES string of the molecule is CCn1ccc(C(=O)N2CCCN(C(=O)OC(C)(C)C)CC2)n1. The van der Waals surface area contributed by atoms with Crippen molar-refractivity contribution in [1.29, 1.82) is 0 Å². The molecule has 0 aromatic carbocycles. The lowest BCUT2D eigenvalue weighted by Gasteiger charge is -2.26. The van der Waals surface area contributed by atoms with E-state index >= 15 is 0 Å². The van der Waals surface area contributed by atoms with Gasteiger partial charge in [0.2, 0.25) is 0 Å². The van der Waals surface area contributed by atoms with Crippen LogP contribution in [-0.4, -0.2) is 63.4 Å². The van der Waals surface area contributed by atoms with E-state index in [9.17, 15) is 9.59 Å². The number of amides is 2. The molecule has 2 heterocycles. The normalized spacial score (nSPS) is 16.2. The van der Waals surface area contributed by atoms with Crippen LogP contribution in [0.25, 0.3) is 0 Å². The van der Waals surface area contributed by atoms with Gasteiger partial charge < -0.3 is 14.5 Å². The van der Waals surface area contributed by atoms with E-state index in [0.717, 1.165) is 13.0 Å². The van der Waals surface area contributed by atoms with E-state index in [4.69, 9.17) is 4.74 Å². The standard InChI is InChI=1S/C16H26N4O3/c1-5-20-10-7-13(17-20)14(21)18-8-6-9-19(12-11-18)15(22)23-16(2,3)4/h7,10H,5-6,8-9,11-12H2,1-4H3. The van der Waals surface area contributed by atoms with Gasteiger partial charge in [0.1, 0.15) is 11.3 Å². The minimum absolute atomic E-state index is 0.0803. The maximum absolute atomic E-state index is 12.5. The molecule has 0 bridgehead atoms. The summed E-state index contributed by atoms with van der Waals surface area (Å²) in [6.45, 7) is 10.5. The fraction of sp³-hybridized carbons (Fsp3) is 0.688. The minimum atomic E-state index is -0.508. The highest BCUT2D eigenvalue weighted by molar-refractivity contribution is 5.92. The Morgan fingerprint density at radius 3 is 2.43 bits per heavy atom. The van der Waals surface area contributed by atoms with Gasteiger partial charge in [0.15, 0.2) is 0 Å². The van der Waals surface area contributed by atoms with E-state index in [1.54, 1.807) is 26.7 Å². The molecule has 1 aromatic rings. The summed E-state index contributed by atoms with van der Waals surface area (Å²) in [4.78, 5) is 28.1. The van der Waals surface area contributed by atoms with E-state index < -0.39 is 5.60 Å². The first-order valence-electron chi connectivity index (χ1n) is 8.11. The number of carbonyl (C=O) groups excluding carboxylic acids is 2. The third kappa shape index (κ3) is 4.71. The smallest absolute Gasteiger partial charge is 0.410 e. The monoisotopic (exact) mass is 322 g/mol. The van der Waals surface area contributed by atoms with E-state index in [0.29, 0.717) is 31.9 Å². The summed E-state index contributed by atoms with van der Waals surface area (Å²) in [5.41, 5.74) is -0.0520. The lowest BCUT2D eigenvalue weighted by molar-refractivity contribution is 0.0255. The summed E-state index contributed by atoms with van der Waals surface area (Å²) < 4.78 is 7.13. The molecule has 0 aliphatic carbocycles. The van der Waals surface area contributed by atoms with Crippen LogP contribution in [-0.2, 0) is 11.3 Å². The Bertz CT molecular complexity index is 562. The predicted molar refractivity (Wildman–Crippen MR) is 86.2 cm³/mol. The highest BCUT2D eigenvalue weighted by atomic mass is 16.6. The van der Waals surface area contributed by atoms with Crippen molar-refractivity contribution in [1.82, 2.24) is 19.6 Å². The van der Waals surface area contributed by atoms with Gasteiger partial charge in [-0.2, -0.15) is 5.10 Å². The summed E-state index contributed by atoms with van der Waals surface area (Å²) in [5.74, 6) is -0.0803. The summed E-state index contributed by atoms with van der Waals surface area (Å²) in [6.07, 6.45) is 2.22. The molecule has 1 aliphatic rings. The van der Waals surface area contributed by atoms with Crippen molar-refractivity contribution in [2.45, 2.75) is 46.3 Å². The van der Waals surface area contributed by atoms with Crippen molar-refractivity contribution >= 4 is 12.0 Å². The average Bonchev–Trinajstić information content (AvgIpc) is 2.81. The number of hydrogen-bond acceptors (Lipinski definition) is 4. The molecule has 2 rings (SSSR count). The number of aryl methyl sites for hydroxylation is 1. The molecule has 128 valence electrons. The molecule has 1 aliphatic heterocycles. The van der Waals surface area contributed by atoms with Crippen molar-refractivity contribution in [3.63, 3.8) is 0 Å². The van der Waals surface area contributed by atoms with Crippen molar-refractivity contribution in [3.05, 3.63) is 18.0 Å². The van der Waals surface area contributed by atoms with Crippen LogP contribution in [0.1, 0.15) is 44.6 Å². The molecule has 2 amide bonds. The zero-order chi connectivity index (χ0) is 17.0. The van der Waals surface area contributed by atoms with E-state index in [2.05, 4.69) is 5.10 Å². The zero-order valence-electron chi connectivity index (χ0n) is 14.4. The number of nitrogens with zero attached hydrogens (tertiary/aromatic N) is 4. The Labute approximate surface area is 137 Å². The van der Waals surface area contributed by atoms with Crippen LogP contribution in [0.4, 0.5) is 4.79 Å². The first kappa shape index (κ1) is 17.3. The highest BCUT2D eigenvalue weighted by Gasteiger charge is 2.26. The van der Waals surface area contributed by atoms with Gasteiger partial charge in [-0.05, 0) is 40.2 Å². The molecular formula is C16H26N4O3. The van der Waals surface area contributed by atoms with E-state index in [-0.39, 0.29) is 12.0 Å². The number of rotatable bonds is 2. The molecule has 1 fully saturated rings. The van der Waals surface area contributed by atoms with E-state index in [1.807, 2.05) is 27.7 Å². The Balaban J connectivity index is 1.95. The van der Waals surface area contributed by atoms with Crippen molar-refractivity contribution < 1.29 is 14.3 Å². The average molecular weight is 322 g/mol. The number of carbonyl (C=O) groups is 2. The maximum atomic E-state index is 12.5. The number of aromatic nitrogens is 2. The molecule has 0 N–H and O–H groups in total. The molecule has 0 radical (unpaired) electrons. The molecule has 7 heteroatoms. The molecule has 0 spiro atoms. The van der Waals surface area contributed by atoms with Crippen LogP contribution in [0.5, 0.6) is 0 Å². The lowest BCUT2D eigenvalue weighted by atomic mass is 10.2. The van der Waals surface area contributed by atoms with Crippen LogP contribution in [0.3, 0.4) is 0 Å². The topological polar surface area (TPSA) is 67.7 Å². The van der Waals surface area contributed by atoms with E-state index in [1.165, 1.54) is 0 Å². The second-order valence-electron chi connectivity index (χ2n) is 6.67. The van der Waals surface area contributed by atoms with Gasteiger partial charge in [0.25, 0.3) is 5.91 Å². The quantitative estimate of drug-likeness (QED) is 0.835. The molecule has 0 unspecified atom stereocenters. The van der Waals surface area contributed by atoms with Crippen LogP contribution < -0.4 is 0 Å². The first-order chi connectivity index (χ1) is 10.8. The molecule has 1 saturated heterocycles. The molecule has 1 aromatic heterocycles. The van der Waals surface area contributed by atoms with Gasteiger partial charge >= 0.3 is 6.09 Å². The molecular weight excluding hydrogens is 296 g/mol. The molecule has 7 nitrogen and oxygen atoms in total. The molecule has 23 heavy (non-hydrogen) atoms. The second kappa shape index (κ2) is 7.02. The highest BCUT2D eigenvalue weighted by Crippen LogP contribution is 2.13. The van der Waals surface area contributed by atoms with Crippen LogP contribution >= 0.6 is 0 Å². The Morgan fingerprint density at radius 1 is 1.17 bits per heavy atom. The number of ether oxygens (including phenoxy) is 1. The fourth-order valence-corrected chi connectivity index (χ4v) is 2.44. The third-order valence-electron chi connectivity index (χ3n) is 3.62. The summed E-state index contributed by atoms with van der Waals surface area (Å²) in [7, 11) is 0. The number of hydrogen-bond donors (Lipinski definition) is 0. The first-order valence-corrected chi connectivity index (χ1v) is 8.11. The lowest BCUT2D eigenvalue weighted by Crippen LogP contribution is -2.40. The van der Waals surface area contributed by atoms with Gasteiger partial charge in [-0.3, -0.25) is 9.48 Å². The second-order valence-corrected chi connectivity index (χ2v) is 6.67. The van der Waals surface area contributed by atoms with Crippen molar-refractivity contribution in [2.75, 3.05) is 26.2 Å². The van der Waals surface area contributed by atoms with Crippen molar-refractivity contribution in [3.8, 4) is 0 Å². The summed E-state index contributed by atoms with van der Waals surface area (Å²) in [6, 6.07) is 1.74. The van der Waals surface area contributed by atoms with Gasteiger partial charge in [0.05, 0.1) is 0 Å². The summed E-state index contributed by atoms with van der Waals surface area (Å²) >= 11 is 0. The van der Waals surface area contributed by atoms with Crippen LogP contribution in [0.15, 0.2) is 12.3 Å².